The highest BCUT2D eigenvalue weighted by atomic mass is 16.3. The lowest BCUT2D eigenvalue weighted by Gasteiger charge is -2.04. The number of nitrogens with one attached hydrogen (secondary N) is 1. The molecule has 64 valence electrons. The maximum atomic E-state index is 8.79. The van der Waals surface area contributed by atoms with Crippen LogP contribution in [0.1, 0.15) is 0 Å². The molecular formula is C9H12N2O. The summed E-state index contributed by atoms with van der Waals surface area (Å²) in [5.41, 5.74) is 7.13. The Hall–Kier alpha value is -1.64. The second kappa shape index (κ2) is 3.67. The van der Waals surface area contributed by atoms with Crippen molar-refractivity contribution in [1.82, 2.24) is 0 Å². The summed E-state index contributed by atoms with van der Waals surface area (Å²) < 4.78 is 0. The highest BCUT2D eigenvalue weighted by Crippen LogP contribution is 2.10. The average Bonchev–Trinajstić information content (AvgIpc) is 2.03. The Bertz CT molecular complexity index is 266. The van der Waals surface area contributed by atoms with Gasteiger partial charge >= 0.3 is 0 Å². The van der Waals surface area contributed by atoms with Crippen LogP contribution < -0.4 is 11.1 Å². The van der Waals surface area contributed by atoms with Crippen molar-refractivity contribution in [3.05, 3.63) is 36.6 Å². The van der Waals surface area contributed by atoms with E-state index in [0.717, 1.165) is 11.4 Å². The summed E-state index contributed by atoms with van der Waals surface area (Å²) in [7, 11) is 0. The van der Waals surface area contributed by atoms with Crippen LogP contribution in [-0.4, -0.2) is 11.7 Å². The number of rotatable bonds is 3. The molecule has 1 aromatic carbocycles. The van der Waals surface area contributed by atoms with Crippen LogP contribution in [0.3, 0.4) is 0 Å². The molecular weight excluding hydrogens is 152 g/mol. The van der Waals surface area contributed by atoms with Crippen molar-refractivity contribution in [2.75, 3.05) is 17.6 Å². The first kappa shape index (κ1) is 8.46. The Morgan fingerprint density at radius 2 is 2.00 bits per heavy atom. The van der Waals surface area contributed by atoms with E-state index in [2.05, 4.69) is 11.9 Å². The molecule has 0 bridgehead atoms. The molecule has 3 nitrogen and oxygen atoms in total. The van der Waals surface area contributed by atoms with Crippen molar-refractivity contribution in [3.63, 3.8) is 0 Å². The number of nitrogen functional groups attached to an aromatic ring is 1. The van der Waals surface area contributed by atoms with Gasteiger partial charge in [0.1, 0.15) is 5.76 Å². The van der Waals surface area contributed by atoms with E-state index in [9.17, 15) is 0 Å². The Morgan fingerprint density at radius 1 is 1.42 bits per heavy atom. The van der Waals surface area contributed by atoms with E-state index in [4.69, 9.17) is 10.8 Å². The number of hydrogen-bond acceptors (Lipinski definition) is 3. The predicted molar refractivity (Wildman–Crippen MR) is 51.1 cm³/mol. The van der Waals surface area contributed by atoms with Gasteiger partial charge in [-0.1, -0.05) is 6.58 Å². The van der Waals surface area contributed by atoms with Crippen molar-refractivity contribution in [2.45, 2.75) is 0 Å². The summed E-state index contributed by atoms with van der Waals surface area (Å²) in [6.07, 6.45) is 0. The molecule has 4 N–H and O–H groups in total. The Kier molecular flexibility index (Phi) is 2.58. The average molecular weight is 164 g/mol. The first-order valence-electron chi connectivity index (χ1n) is 3.64. The van der Waals surface area contributed by atoms with Gasteiger partial charge in [-0.2, -0.15) is 0 Å². The third-order valence-electron chi connectivity index (χ3n) is 1.41. The molecule has 0 saturated carbocycles. The first-order chi connectivity index (χ1) is 5.68. The molecule has 0 unspecified atom stereocenters. The molecule has 12 heavy (non-hydrogen) atoms. The minimum absolute atomic E-state index is 0.117. The smallest absolute Gasteiger partial charge is 0.104 e. The minimum atomic E-state index is 0.117. The molecule has 0 aliphatic heterocycles. The summed E-state index contributed by atoms with van der Waals surface area (Å²) in [6.45, 7) is 3.72. The van der Waals surface area contributed by atoms with E-state index in [-0.39, 0.29) is 5.76 Å². The van der Waals surface area contributed by atoms with Crippen molar-refractivity contribution in [1.29, 1.82) is 0 Å². The zero-order chi connectivity index (χ0) is 8.97. The topological polar surface area (TPSA) is 58.3 Å². The van der Waals surface area contributed by atoms with E-state index in [1.165, 1.54) is 0 Å². The van der Waals surface area contributed by atoms with Crippen LogP contribution in [0.5, 0.6) is 0 Å². The fourth-order valence-electron chi connectivity index (χ4n) is 0.805. The van der Waals surface area contributed by atoms with Crippen LogP contribution in [-0.2, 0) is 0 Å². The van der Waals surface area contributed by atoms with Crippen LogP contribution in [0, 0.1) is 0 Å². The van der Waals surface area contributed by atoms with Gasteiger partial charge in [-0.25, -0.2) is 0 Å². The Labute approximate surface area is 71.5 Å². The summed E-state index contributed by atoms with van der Waals surface area (Å²) in [6, 6.07) is 7.28. The number of anilines is 2. The molecule has 0 amide bonds. The predicted octanol–water partition coefficient (Wildman–Crippen LogP) is 1.75. The molecule has 0 spiro atoms. The van der Waals surface area contributed by atoms with Crippen molar-refractivity contribution in [2.24, 2.45) is 0 Å². The fraction of sp³-hybridized carbons (Fsp3) is 0.111. The van der Waals surface area contributed by atoms with Gasteiger partial charge in [0, 0.05) is 11.4 Å². The maximum absolute atomic E-state index is 8.79. The standard InChI is InChI=1S/C9H12N2O/c1-7(12)6-11-9-4-2-8(10)3-5-9/h2-5,11-12H,1,6,10H2. The lowest BCUT2D eigenvalue weighted by Crippen LogP contribution is -2.02. The third kappa shape index (κ3) is 2.54. The quantitative estimate of drug-likeness (QED) is 0.471. The zero-order valence-corrected chi connectivity index (χ0v) is 6.75. The van der Waals surface area contributed by atoms with Gasteiger partial charge in [0.25, 0.3) is 0 Å². The molecule has 0 saturated heterocycles. The molecule has 0 heterocycles. The van der Waals surface area contributed by atoms with Crippen molar-refractivity contribution in [3.8, 4) is 0 Å². The van der Waals surface area contributed by atoms with E-state index >= 15 is 0 Å². The minimum Gasteiger partial charge on any atom is -0.511 e. The van der Waals surface area contributed by atoms with E-state index in [0.29, 0.717) is 6.54 Å². The second-order valence-electron chi connectivity index (χ2n) is 2.54. The van der Waals surface area contributed by atoms with E-state index in [1.807, 2.05) is 12.1 Å². The van der Waals surface area contributed by atoms with Crippen LogP contribution in [0.2, 0.25) is 0 Å². The summed E-state index contributed by atoms with van der Waals surface area (Å²) >= 11 is 0. The number of hydrogen-bond donors (Lipinski definition) is 3. The summed E-state index contributed by atoms with van der Waals surface area (Å²) in [5.74, 6) is 0.117. The van der Waals surface area contributed by atoms with Crippen molar-refractivity contribution < 1.29 is 5.11 Å². The highest BCUT2D eigenvalue weighted by molar-refractivity contribution is 5.51. The van der Waals surface area contributed by atoms with Crippen LogP contribution in [0.4, 0.5) is 11.4 Å². The molecule has 0 aliphatic rings. The number of aliphatic hydroxyl groups excluding tert-OH is 1. The van der Waals surface area contributed by atoms with Crippen LogP contribution in [0.25, 0.3) is 0 Å². The molecule has 0 fully saturated rings. The molecule has 0 atom stereocenters. The van der Waals surface area contributed by atoms with Gasteiger partial charge in [0.2, 0.25) is 0 Å². The summed E-state index contributed by atoms with van der Waals surface area (Å²) in [5, 5.41) is 11.8. The lowest BCUT2D eigenvalue weighted by atomic mass is 10.3. The largest absolute Gasteiger partial charge is 0.511 e. The molecule has 0 radical (unpaired) electrons. The molecule has 0 aliphatic carbocycles. The first-order valence-corrected chi connectivity index (χ1v) is 3.64. The van der Waals surface area contributed by atoms with Gasteiger partial charge in [-0.3, -0.25) is 0 Å². The number of benzene rings is 1. The number of nitrogens with two attached hydrogens (primary N) is 1. The van der Waals surface area contributed by atoms with E-state index < -0.39 is 0 Å². The van der Waals surface area contributed by atoms with Gasteiger partial charge in [0.05, 0.1) is 6.54 Å². The third-order valence-corrected chi connectivity index (χ3v) is 1.41. The SMILES string of the molecule is C=C(O)CNc1ccc(N)cc1. The second-order valence-corrected chi connectivity index (χ2v) is 2.54. The van der Waals surface area contributed by atoms with E-state index in [1.54, 1.807) is 12.1 Å². The Balaban J connectivity index is 2.53. The zero-order valence-electron chi connectivity index (χ0n) is 6.75. The fourth-order valence-corrected chi connectivity index (χ4v) is 0.805. The summed E-state index contributed by atoms with van der Waals surface area (Å²) in [4.78, 5) is 0. The van der Waals surface area contributed by atoms with Gasteiger partial charge in [-0.15, -0.1) is 0 Å². The maximum Gasteiger partial charge on any atom is 0.104 e. The molecule has 0 aromatic heterocycles. The van der Waals surface area contributed by atoms with Gasteiger partial charge in [-0.05, 0) is 24.3 Å². The molecule has 1 aromatic rings. The Morgan fingerprint density at radius 3 is 2.50 bits per heavy atom. The van der Waals surface area contributed by atoms with Crippen LogP contribution >= 0.6 is 0 Å². The lowest BCUT2D eigenvalue weighted by molar-refractivity contribution is 0.410. The van der Waals surface area contributed by atoms with Crippen LogP contribution in [0.15, 0.2) is 36.6 Å². The number of aliphatic hydroxyl groups is 1. The monoisotopic (exact) mass is 164 g/mol. The van der Waals surface area contributed by atoms with Gasteiger partial charge < -0.3 is 16.2 Å². The van der Waals surface area contributed by atoms with Crippen molar-refractivity contribution >= 4 is 11.4 Å². The normalized spacial score (nSPS) is 9.33. The van der Waals surface area contributed by atoms with Gasteiger partial charge in [0.15, 0.2) is 0 Å². The highest BCUT2D eigenvalue weighted by Gasteiger charge is 1.91. The molecule has 3 heteroatoms. The molecule has 1 rings (SSSR count).